The van der Waals surface area contributed by atoms with E-state index in [0.29, 0.717) is 0 Å². The van der Waals surface area contributed by atoms with Gasteiger partial charge in [-0.2, -0.15) is 4.68 Å². The van der Waals surface area contributed by atoms with Gasteiger partial charge in [0.1, 0.15) is 18.5 Å². The fourth-order valence-corrected chi connectivity index (χ4v) is 1.61. The summed E-state index contributed by atoms with van der Waals surface area (Å²) in [5.74, 6) is -0.164. The molecule has 8 nitrogen and oxygen atoms in total. The molecule has 2 rings (SSSR count). The molecule has 4 atom stereocenters. The smallest absolute Gasteiger partial charge is 0.300 e. The molecular formula is C9H11N3O5. The van der Waals surface area contributed by atoms with Crippen molar-refractivity contribution in [2.24, 2.45) is 0 Å². The average Bonchev–Trinajstić information content (AvgIpc) is 2.89. The molecule has 1 saturated heterocycles. The van der Waals surface area contributed by atoms with Gasteiger partial charge in [0.25, 0.3) is 5.91 Å². The van der Waals surface area contributed by atoms with Gasteiger partial charge >= 0.3 is 0 Å². The van der Waals surface area contributed by atoms with Gasteiger partial charge in [-0.1, -0.05) is 0 Å². The zero-order chi connectivity index (χ0) is 12.6. The maximum Gasteiger partial charge on any atom is 0.300 e. The second kappa shape index (κ2) is 4.06. The summed E-state index contributed by atoms with van der Waals surface area (Å²) < 4.78 is 5.76. The number of aliphatic hydroxyl groups is 4. The fourth-order valence-electron chi connectivity index (χ4n) is 1.61. The third-order valence-corrected chi connectivity index (χ3v) is 2.54. The number of aromatic nitrogens is 3. The standard InChI is InChI=1S/C9H11N3O5/c1-2-6-10-4-12(11-6)9(16)8(15)7(14)5(3-13)17-9/h1,4-5,7-8,13-16H,3H2/t5-,7-,8-,9-/m1/s1. The molecule has 0 unspecified atom stereocenters. The van der Waals surface area contributed by atoms with Crippen LogP contribution in [0, 0.1) is 12.3 Å². The van der Waals surface area contributed by atoms with Crippen LogP contribution in [-0.4, -0.2) is 60.1 Å². The van der Waals surface area contributed by atoms with Gasteiger partial charge in [-0.15, -0.1) is 11.5 Å². The Hall–Kier alpha value is -1.50. The molecule has 4 N–H and O–H groups in total. The minimum atomic E-state index is -2.30. The van der Waals surface area contributed by atoms with Crippen LogP contribution in [-0.2, 0) is 10.6 Å². The minimum absolute atomic E-state index is 0.00355. The molecular weight excluding hydrogens is 230 g/mol. The lowest BCUT2D eigenvalue weighted by molar-refractivity contribution is -0.294. The molecule has 17 heavy (non-hydrogen) atoms. The van der Waals surface area contributed by atoms with Crippen molar-refractivity contribution in [2.45, 2.75) is 24.2 Å². The van der Waals surface area contributed by atoms with Crippen LogP contribution in [0.25, 0.3) is 0 Å². The molecule has 0 amide bonds. The molecule has 0 spiro atoms. The summed E-state index contributed by atoms with van der Waals surface area (Å²) >= 11 is 0. The highest BCUT2D eigenvalue weighted by Gasteiger charge is 2.55. The van der Waals surface area contributed by atoms with Crippen LogP contribution >= 0.6 is 0 Å². The Labute approximate surface area is 96.1 Å². The monoisotopic (exact) mass is 241 g/mol. The molecule has 0 aliphatic carbocycles. The maximum atomic E-state index is 10.1. The van der Waals surface area contributed by atoms with E-state index in [2.05, 4.69) is 16.0 Å². The zero-order valence-electron chi connectivity index (χ0n) is 8.63. The quantitative estimate of drug-likeness (QED) is 0.406. The topological polar surface area (TPSA) is 121 Å². The molecule has 8 heteroatoms. The molecule has 2 heterocycles. The van der Waals surface area contributed by atoms with Crippen molar-refractivity contribution in [3.8, 4) is 12.3 Å². The van der Waals surface area contributed by atoms with Crippen molar-refractivity contribution < 1.29 is 25.2 Å². The Morgan fingerprint density at radius 3 is 2.76 bits per heavy atom. The highest BCUT2D eigenvalue weighted by molar-refractivity contribution is 5.13. The van der Waals surface area contributed by atoms with E-state index < -0.39 is 30.8 Å². The molecule has 0 radical (unpaired) electrons. The Balaban J connectivity index is 2.34. The van der Waals surface area contributed by atoms with Gasteiger partial charge in [0, 0.05) is 0 Å². The van der Waals surface area contributed by atoms with E-state index >= 15 is 0 Å². The molecule has 0 saturated carbocycles. The van der Waals surface area contributed by atoms with Crippen LogP contribution in [0.15, 0.2) is 6.33 Å². The van der Waals surface area contributed by atoms with E-state index in [1.54, 1.807) is 0 Å². The van der Waals surface area contributed by atoms with E-state index in [-0.39, 0.29) is 5.82 Å². The van der Waals surface area contributed by atoms with Crippen molar-refractivity contribution in [1.82, 2.24) is 14.8 Å². The molecule has 0 bridgehead atoms. The third kappa shape index (κ3) is 1.70. The van der Waals surface area contributed by atoms with Gasteiger partial charge in [0.05, 0.1) is 6.61 Å². The third-order valence-electron chi connectivity index (χ3n) is 2.54. The summed E-state index contributed by atoms with van der Waals surface area (Å²) in [6.45, 7) is -0.558. The van der Waals surface area contributed by atoms with Crippen molar-refractivity contribution in [3.05, 3.63) is 12.2 Å². The first kappa shape index (κ1) is 12.0. The number of aliphatic hydroxyl groups excluding tert-OH is 3. The number of hydrogen-bond acceptors (Lipinski definition) is 7. The number of terminal acetylenes is 1. The van der Waals surface area contributed by atoms with E-state index in [1.807, 2.05) is 0 Å². The first-order chi connectivity index (χ1) is 8.02. The number of ether oxygens (including phenoxy) is 1. The van der Waals surface area contributed by atoms with E-state index in [4.69, 9.17) is 16.3 Å². The normalized spacial score (nSPS) is 37.0. The molecule has 1 aromatic rings. The van der Waals surface area contributed by atoms with E-state index in [1.165, 1.54) is 0 Å². The Bertz CT molecular complexity index is 456. The highest BCUT2D eigenvalue weighted by atomic mass is 16.7. The minimum Gasteiger partial charge on any atom is -0.394 e. The Morgan fingerprint density at radius 2 is 2.29 bits per heavy atom. The van der Waals surface area contributed by atoms with Crippen LogP contribution in [0.5, 0.6) is 0 Å². The van der Waals surface area contributed by atoms with Crippen molar-refractivity contribution in [2.75, 3.05) is 6.61 Å². The Morgan fingerprint density at radius 1 is 1.59 bits per heavy atom. The summed E-state index contributed by atoms with van der Waals surface area (Å²) in [6.07, 6.45) is 1.89. The van der Waals surface area contributed by atoms with Crippen molar-refractivity contribution in [1.29, 1.82) is 0 Å². The zero-order valence-corrected chi connectivity index (χ0v) is 8.63. The second-order valence-corrected chi connectivity index (χ2v) is 3.59. The first-order valence-corrected chi connectivity index (χ1v) is 4.79. The van der Waals surface area contributed by atoms with Crippen LogP contribution in [0.4, 0.5) is 0 Å². The second-order valence-electron chi connectivity index (χ2n) is 3.59. The molecule has 0 aromatic carbocycles. The van der Waals surface area contributed by atoms with Crippen LogP contribution in [0.3, 0.4) is 0 Å². The van der Waals surface area contributed by atoms with Gasteiger partial charge in [0.15, 0.2) is 6.10 Å². The van der Waals surface area contributed by atoms with Crippen LogP contribution < -0.4 is 0 Å². The van der Waals surface area contributed by atoms with Gasteiger partial charge in [-0.05, 0) is 5.92 Å². The van der Waals surface area contributed by atoms with E-state index in [0.717, 1.165) is 11.0 Å². The summed E-state index contributed by atoms with van der Waals surface area (Å²) in [5, 5.41) is 41.8. The predicted octanol–water partition coefficient (Wildman–Crippen LogP) is -3.03. The highest BCUT2D eigenvalue weighted by Crippen LogP contribution is 2.32. The fraction of sp³-hybridized carbons (Fsp3) is 0.556. The molecule has 1 aliphatic heterocycles. The summed E-state index contributed by atoms with van der Waals surface area (Å²) in [4.78, 5) is 3.66. The summed E-state index contributed by atoms with van der Waals surface area (Å²) in [6, 6.07) is 0. The molecule has 1 aliphatic rings. The SMILES string of the molecule is C#Cc1ncn([C@]2(O)O[C@H](CO)[C@@H](O)[C@H]2O)n1. The lowest BCUT2D eigenvalue weighted by Gasteiger charge is -2.25. The van der Waals surface area contributed by atoms with Gasteiger partial charge < -0.3 is 25.2 Å². The van der Waals surface area contributed by atoms with Gasteiger partial charge in [0.2, 0.25) is 5.82 Å². The number of hydrogen-bond donors (Lipinski definition) is 4. The van der Waals surface area contributed by atoms with Crippen molar-refractivity contribution >= 4 is 0 Å². The molecule has 1 fully saturated rings. The Kier molecular flexibility index (Phi) is 2.86. The van der Waals surface area contributed by atoms with Gasteiger partial charge in [-0.3, -0.25) is 0 Å². The lowest BCUT2D eigenvalue weighted by Crippen LogP contribution is -2.46. The average molecular weight is 241 g/mol. The molecule has 1 aromatic heterocycles. The summed E-state index contributed by atoms with van der Waals surface area (Å²) in [7, 11) is 0. The van der Waals surface area contributed by atoms with Gasteiger partial charge in [-0.25, -0.2) is 4.98 Å². The molecule has 92 valence electrons. The lowest BCUT2D eigenvalue weighted by atomic mass is 10.1. The summed E-state index contributed by atoms with van der Waals surface area (Å²) in [5.41, 5.74) is 0. The van der Waals surface area contributed by atoms with Crippen LogP contribution in [0.2, 0.25) is 0 Å². The predicted molar refractivity (Wildman–Crippen MR) is 52.1 cm³/mol. The number of rotatable bonds is 2. The van der Waals surface area contributed by atoms with Crippen molar-refractivity contribution in [3.63, 3.8) is 0 Å². The number of nitrogens with zero attached hydrogens (tertiary/aromatic N) is 3. The maximum absolute atomic E-state index is 10.1. The largest absolute Gasteiger partial charge is 0.394 e. The van der Waals surface area contributed by atoms with E-state index in [9.17, 15) is 15.3 Å². The first-order valence-electron chi connectivity index (χ1n) is 4.79. The van der Waals surface area contributed by atoms with Crippen LogP contribution in [0.1, 0.15) is 5.82 Å².